The van der Waals surface area contributed by atoms with Crippen LogP contribution in [0.3, 0.4) is 0 Å². The number of hydrogen-bond donors (Lipinski definition) is 1. The molecule has 0 aliphatic heterocycles. The van der Waals surface area contributed by atoms with Gasteiger partial charge in [0.25, 0.3) is 0 Å². The summed E-state index contributed by atoms with van der Waals surface area (Å²) in [5.74, 6) is 1.18. The number of nitrogens with two attached hydrogens (primary N) is 1. The SMILES string of the molecule is NCCN(c1ncnc2c1CCCCC2)C1CCC1. The molecule has 4 nitrogen and oxygen atoms in total. The Bertz CT molecular complexity index is 428. The van der Waals surface area contributed by atoms with Crippen LogP contribution in [0.25, 0.3) is 0 Å². The highest BCUT2D eigenvalue weighted by Crippen LogP contribution is 2.32. The van der Waals surface area contributed by atoms with Gasteiger partial charge >= 0.3 is 0 Å². The Morgan fingerprint density at radius 2 is 1.95 bits per heavy atom. The zero-order valence-corrected chi connectivity index (χ0v) is 11.6. The van der Waals surface area contributed by atoms with E-state index in [0.29, 0.717) is 12.6 Å². The highest BCUT2D eigenvalue weighted by Gasteiger charge is 2.28. The molecule has 4 heteroatoms. The fourth-order valence-electron chi connectivity index (χ4n) is 3.23. The lowest BCUT2D eigenvalue weighted by Gasteiger charge is -2.39. The monoisotopic (exact) mass is 260 g/mol. The zero-order valence-electron chi connectivity index (χ0n) is 11.6. The molecule has 0 unspecified atom stereocenters. The Labute approximate surface area is 115 Å². The number of nitrogens with zero attached hydrogens (tertiary/aromatic N) is 3. The summed E-state index contributed by atoms with van der Waals surface area (Å²) >= 11 is 0. The van der Waals surface area contributed by atoms with Crippen molar-refractivity contribution in [1.29, 1.82) is 0 Å². The van der Waals surface area contributed by atoms with Gasteiger partial charge in [-0.25, -0.2) is 9.97 Å². The Balaban J connectivity index is 1.93. The van der Waals surface area contributed by atoms with Crippen LogP contribution in [0.2, 0.25) is 0 Å². The van der Waals surface area contributed by atoms with E-state index in [0.717, 1.165) is 19.4 Å². The number of aromatic nitrogens is 2. The van der Waals surface area contributed by atoms with Crippen molar-refractivity contribution >= 4 is 5.82 Å². The van der Waals surface area contributed by atoms with E-state index in [1.165, 1.54) is 55.6 Å². The molecule has 1 fully saturated rings. The van der Waals surface area contributed by atoms with Crippen LogP contribution in [-0.2, 0) is 12.8 Å². The van der Waals surface area contributed by atoms with Crippen LogP contribution in [0.5, 0.6) is 0 Å². The predicted molar refractivity (Wildman–Crippen MR) is 77.3 cm³/mol. The standard InChI is InChI=1S/C15H24N4/c16-9-10-19(12-5-4-6-12)15-13-7-2-1-3-8-14(13)17-11-18-15/h11-12H,1-10,16H2. The van der Waals surface area contributed by atoms with Crippen molar-refractivity contribution in [2.24, 2.45) is 5.73 Å². The third-order valence-corrected chi connectivity index (χ3v) is 4.51. The maximum absolute atomic E-state index is 5.81. The van der Waals surface area contributed by atoms with E-state index < -0.39 is 0 Å². The Kier molecular flexibility index (Phi) is 3.97. The quantitative estimate of drug-likeness (QED) is 0.842. The highest BCUT2D eigenvalue weighted by atomic mass is 15.2. The second-order valence-electron chi connectivity index (χ2n) is 5.75. The fourth-order valence-corrected chi connectivity index (χ4v) is 3.23. The van der Waals surface area contributed by atoms with Gasteiger partial charge in [-0.3, -0.25) is 0 Å². The smallest absolute Gasteiger partial charge is 0.135 e. The maximum atomic E-state index is 5.81. The van der Waals surface area contributed by atoms with Crippen LogP contribution in [0, 0.1) is 0 Å². The number of rotatable bonds is 4. The molecule has 0 aromatic carbocycles. The normalized spacial score (nSPS) is 19.4. The van der Waals surface area contributed by atoms with Crippen LogP contribution in [0.4, 0.5) is 5.82 Å². The van der Waals surface area contributed by atoms with Crippen molar-refractivity contribution in [1.82, 2.24) is 9.97 Å². The van der Waals surface area contributed by atoms with Crippen LogP contribution in [0.15, 0.2) is 6.33 Å². The second kappa shape index (κ2) is 5.87. The summed E-state index contributed by atoms with van der Waals surface area (Å²) < 4.78 is 0. The van der Waals surface area contributed by atoms with E-state index in [1.54, 1.807) is 6.33 Å². The van der Waals surface area contributed by atoms with E-state index in [4.69, 9.17) is 5.73 Å². The van der Waals surface area contributed by atoms with E-state index in [2.05, 4.69) is 14.9 Å². The lowest BCUT2D eigenvalue weighted by Crippen LogP contribution is -2.44. The molecule has 0 bridgehead atoms. The molecule has 3 rings (SSSR count). The topological polar surface area (TPSA) is 55.0 Å². The lowest BCUT2D eigenvalue weighted by molar-refractivity contribution is 0.385. The van der Waals surface area contributed by atoms with E-state index >= 15 is 0 Å². The van der Waals surface area contributed by atoms with E-state index in [1.807, 2.05) is 0 Å². The van der Waals surface area contributed by atoms with Crippen molar-refractivity contribution in [3.8, 4) is 0 Å². The Hall–Kier alpha value is -1.16. The molecule has 0 spiro atoms. The van der Waals surface area contributed by atoms with Gasteiger partial charge in [0.05, 0.1) is 0 Å². The molecule has 1 heterocycles. The van der Waals surface area contributed by atoms with Crippen molar-refractivity contribution in [2.75, 3.05) is 18.0 Å². The van der Waals surface area contributed by atoms with E-state index in [9.17, 15) is 0 Å². The third-order valence-electron chi connectivity index (χ3n) is 4.51. The minimum atomic E-state index is 0.658. The predicted octanol–water partition coefficient (Wildman–Crippen LogP) is 2.06. The zero-order chi connectivity index (χ0) is 13.1. The minimum Gasteiger partial charge on any atom is -0.352 e. The first-order chi connectivity index (χ1) is 9.40. The molecule has 1 aromatic rings. The maximum Gasteiger partial charge on any atom is 0.135 e. The average Bonchev–Trinajstić information content (AvgIpc) is 2.61. The van der Waals surface area contributed by atoms with Gasteiger partial charge in [-0.15, -0.1) is 0 Å². The molecule has 0 atom stereocenters. The molecular weight excluding hydrogens is 236 g/mol. The van der Waals surface area contributed by atoms with Gasteiger partial charge < -0.3 is 10.6 Å². The molecule has 19 heavy (non-hydrogen) atoms. The highest BCUT2D eigenvalue weighted by molar-refractivity contribution is 5.50. The number of fused-ring (bicyclic) bond motifs is 1. The van der Waals surface area contributed by atoms with Crippen molar-refractivity contribution in [2.45, 2.75) is 57.4 Å². The van der Waals surface area contributed by atoms with Crippen LogP contribution >= 0.6 is 0 Å². The summed E-state index contributed by atoms with van der Waals surface area (Å²) in [4.78, 5) is 11.6. The van der Waals surface area contributed by atoms with Gasteiger partial charge in [0.2, 0.25) is 0 Å². The van der Waals surface area contributed by atoms with Crippen LogP contribution in [-0.4, -0.2) is 29.1 Å². The van der Waals surface area contributed by atoms with E-state index in [-0.39, 0.29) is 0 Å². The Morgan fingerprint density at radius 3 is 2.68 bits per heavy atom. The summed E-state index contributed by atoms with van der Waals surface area (Å²) in [6.45, 7) is 1.63. The first-order valence-electron chi connectivity index (χ1n) is 7.69. The van der Waals surface area contributed by atoms with Gasteiger partial charge in [0, 0.05) is 30.4 Å². The lowest BCUT2D eigenvalue weighted by atomic mass is 9.91. The third kappa shape index (κ3) is 2.59. The first kappa shape index (κ1) is 12.9. The van der Waals surface area contributed by atoms with Gasteiger partial charge in [0.1, 0.15) is 12.1 Å². The summed E-state index contributed by atoms with van der Waals surface area (Å²) in [6.07, 6.45) is 11.8. The molecule has 1 saturated carbocycles. The van der Waals surface area contributed by atoms with Crippen molar-refractivity contribution in [3.05, 3.63) is 17.6 Å². The second-order valence-corrected chi connectivity index (χ2v) is 5.75. The van der Waals surface area contributed by atoms with Crippen LogP contribution in [0.1, 0.15) is 49.8 Å². The molecule has 2 N–H and O–H groups in total. The molecule has 2 aliphatic rings. The van der Waals surface area contributed by atoms with Crippen molar-refractivity contribution < 1.29 is 0 Å². The Morgan fingerprint density at radius 1 is 1.11 bits per heavy atom. The summed E-state index contributed by atoms with van der Waals surface area (Å²) in [7, 11) is 0. The van der Waals surface area contributed by atoms with Crippen molar-refractivity contribution in [3.63, 3.8) is 0 Å². The molecule has 0 amide bonds. The van der Waals surface area contributed by atoms with Gasteiger partial charge in [-0.1, -0.05) is 6.42 Å². The largest absolute Gasteiger partial charge is 0.352 e. The average molecular weight is 260 g/mol. The number of hydrogen-bond acceptors (Lipinski definition) is 4. The van der Waals surface area contributed by atoms with Gasteiger partial charge in [-0.2, -0.15) is 0 Å². The molecular formula is C15H24N4. The van der Waals surface area contributed by atoms with Gasteiger partial charge in [-0.05, 0) is 44.9 Å². The number of aryl methyl sites for hydroxylation is 1. The fraction of sp³-hybridized carbons (Fsp3) is 0.733. The van der Waals surface area contributed by atoms with Crippen LogP contribution < -0.4 is 10.6 Å². The molecule has 2 aliphatic carbocycles. The molecule has 1 aromatic heterocycles. The summed E-state index contributed by atoms with van der Waals surface area (Å²) in [5.41, 5.74) is 8.49. The molecule has 0 radical (unpaired) electrons. The minimum absolute atomic E-state index is 0.658. The summed E-state index contributed by atoms with van der Waals surface area (Å²) in [5, 5.41) is 0. The number of anilines is 1. The summed E-state index contributed by atoms with van der Waals surface area (Å²) in [6, 6.07) is 0.658. The molecule has 0 saturated heterocycles. The molecule has 104 valence electrons. The van der Waals surface area contributed by atoms with Gasteiger partial charge in [0.15, 0.2) is 0 Å². The first-order valence-corrected chi connectivity index (χ1v) is 7.69.